The normalized spacial score (nSPS) is 14.8. The number of carbonyl (C=O) groups excluding carboxylic acids is 1. The van der Waals surface area contributed by atoms with Crippen LogP contribution in [0.5, 0.6) is 5.75 Å². The average molecular weight is 463 g/mol. The number of carboxylic acids is 1. The molecule has 5 nitrogen and oxygen atoms in total. The Kier molecular flexibility index (Phi) is 11.4. The lowest BCUT2D eigenvalue weighted by Gasteiger charge is -2.15. The van der Waals surface area contributed by atoms with Gasteiger partial charge < -0.3 is 14.6 Å². The van der Waals surface area contributed by atoms with Gasteiger partial charge >= 0.3 is 5.97 Å². The number of ether oxygens (including phenoxy) is 2. The van der Waals surface area contributed by atoms with Crippen molar-refractivity contribution >= 4 is 23.4 Å². The van der Waals surface area contributed by atoms with Crippen molar-refractivity contribution in [2.24, 2.45) is 5.92 Å². The van der Waals surface area contributed by atoms with Crippen LogP contribution in [-0.4, -0.2) is 36.0 Å². The van der Waals surface area contributed by atoms with Crippen LogP contribution in [0, 0.1) is 19.8 Å². The maximum absolute atomic E-state index is 12.7. The molecule has 0 amide bonds. The molecule has 0 spiro atoms. The lowest BCUT2D eigenvalue weighted by Crippen LogP contribution is -2.09. The molecule has 1 aromatic rings. The van der Waals surface area contributed by atoms with E-state index in [0.717, 1.165) is 35.3 Å². The number of halogens is 1. The van der Waals surface area contributed by atoms with E-state index in [2.05, 4.69) is 0 Å². The van der Waals surface area contributed by atoms with E-state index in [4.69, 9.17) is 26.2 Å². The van der Waals surface area contributed by atoms with Crippen molar-refractivity contribution in [1.29, 1.82) is 0 Å². The van der Waals surface area contributed by atoms with Crippen molar-refractivity contribution in [3.63, 3.8) is 0 Å². The van der Waals surface area contributed by atoms with E-state index in [1.807, 2.05) is 26.0 Å². The van der Waals surface area contributed by atoms with Gasteiger partial charge in [0.15, 0.2) is 5.78 Å². The number of benzene rings is 1. The molecule has 0 saturated heterocycles. The van der Waals surface area contributed by atoms with Gasteiger partial charge in [-0.15, -0.1) is 11.6 Å². The molecule has 0 atom stereocenters. The number of alkyl halides is 1. The molecule has 1 saturated carbocycles. The number of unbranched alkanes of at least 4 members (excludes halogenated alkanes) is 1. The molecule has 0 radical (unpaired) electrons. The Balaban J connectivity index is 1.76. The molecule has 32 heavy (non-hydrogen) atoms. The summed E-state index contributed by atoms with van der Waals surface area (Å²) >= 11 is 5.72. The summed E-state index contributed by atoms with van der Waals surface area (Å²) in [6.45, 7) is 5.06. The van der Waals surface area contributed by atoms with E-state index in [1.165, 1.54) is 31.8 Å². The van der Waals surface area contributed by atoms with Crippen molar-refractivity contribution < 1.29 is 24.2 Å². The van der Waals surface area contributed by atoms with Crippen molar-refractivity contribution in [2.75, 3.05) is 19.1 Å². The Labute approximate surface area is 196 Å². The summed E-state index contributed by atoms with van der Waals surface area (Å²) in [7, 11) is 0. The molecule has 0 aromatic heterocycles. The lowest BCUT2D eigenvalue weighted by atomic mass is 9.92. The Morgan fingerprint density at radius 2 is 1.84 bits per heavy atom. The maximum atomic E-state index is 12.7. The molecule has 6 heteroatoms. The van der Waals surface area contributed by atoms with Crippen LogP contribution in [0.4, 0.5) is 0 Å². The van der Waals surface area contributed by atoms with Crippen LogP contribution in [0.25, 0.3) is 0 Å². The van der Waals surface area contributed by atoms with Crippen LogP contribution in [0.3, 0.4) is 0 Å². The van der Waals surface area contributed by atoms with Crippen LogP contribution in [0.2, 0.25) is 0 Å². The summed E-state index contributed by atoms with van der Waals surface area (Å²) in [6, 6.07) is 3.82. The fourth-order valence-corrected chi connectivity index (χ4v) is 4.10. The summed E-state index contributed by atoms with van der Waals surface area (Å²) in [5.41, 5.74) is 2.86. The molecular formula is C26H35ClO5. The first-order chi connectivity index (χ1) is 15.4. The number of aliphatic carboxylic acids is 1. The fraction of sp³-hybridized carbons (Fsp3) is 0.538. The molecule has 0 heterocycles. The second-order valence-corrected chi connectivity index (χ2v) is 8.61. The van der Waals surface area contributed by atoms with Gasteiger partial charge in [-0.1, -0.05) is 31.8 Å². The van der Waals surface area contributed by atoms with E-state index >= 15 is 0 Å². The molecule has 0 unspecified atom stereocenters. The fourth-order valence-electron chi connectivity index (χ4n) is 3.94. The third kappa shape index (κ3) is 8.70. The van der Waals surface area contributed by atoms with Crippen molar-refractivity contribution in [3.8, 4) is 5.75 Å². The van der Waals surface area contributed by atoms with Crippen molar-refractivity contribution in [2.45, 2.75) is 65.2 Å². The molecule has 0 bridgehead atoms. The third-order valence-electron chi connectivity index (χ3n) is 5.90. The monoisotopic (exact) mass is 462 g/mol. The van der Waals surface area contributed by atoms with Gasteiger partial charge in [-0.2, -0.15) is 0 Å². The van der Waals surface area contributed by atoms with E-state index in [1.54, 1.807) is 12.2 Å². The zero-order valence-corrected chi connectivity index (χ0v) is 20.0. The zero-order valence-electron chi connectivity index (χ0n) is 19.2. The Hall–Kier alpha value is -2.27. The minimum absolute atomic E-state index is 0.0550. The summed E-state index contributed by atoms with van der Waals surface area (Å²) in [6.07, 6.45) is 11.9. The molecule has 1 aliphatic carbocycles. The molecule has 2 rings (SSSR count). The van der Waals surface area contributed by atoms with Crippen LogP contribution >= 0.6 is 11.6 Å². The minimum atomic E-state index is -0.889. The number of carbonyl (C=O) groups is 2. The van der Waals surface area contributed by atoms with Gasteiger partial charge in [-0.05, 0) is 68.0 Å². The Morgan fingerprint density at radius 3 is 2.53 bits per heavy atom. The van der Waals surface area contributed by atoms with Crippen LogP contribution < -0.4 is 4.74 Å². The van der Waals surface area contributed by atoms with Crippen LogP contribution in [0.1, 0.15) is 72.9 Å². The smallest absolute Gasteiger partial charge is 0.307 e. The second kappa shape index (κ2) is 14.0. The highest BCUT2D eigenvalue weighted by Crippen LogP contribution is 2.31. The highest BCUT2D eigenvalue weighted by atomic mass is 35.5. The molecule has 1 N–H and O–H groups in total. The van der Waals surface area contributed by atoms with Crippen LogP contribution in [-0.2, 0) is 9.53 Å². The van der Waals surface area contributed by atoms with E-state index in [-0.39, 0.29) is 12.2 Å². The number of carboxylic acid groups (broad SMARTS) is 1. The van der Waals surface area contributed by atoms with E-state index in [0.29, 0.717) is 37.2 Å². The van der Waals surface area contributed by atoms with Crippen molar-refractivity contribution in [3.05, 3.63) is 52.8 Å². The molecule has 0 aliphatic heterocycles. The van der Waals surface area contributed by atoms with Gasteiger partial charge in [0.2, 0.25) is 0 Å². The summed E-state index contributed by atoms with van der Waals surface area (Å²) < 4.78 is 11.6. The van der Waals surface area contributed by atoms with Gasteiger partial charge in [0.25, 0.3) is 0 Å². The lowest BCUT2D eigenvalue weighted by molar-refractivity contribution is -0.136. The van der Waals surface area contributed by atoms with Gasteiger partial charge in [-0.3, -0.25) is 9.59 Å². The minimum Gasteiger partial charge on any atom is -0.494 e. The molecule has 1 aliphatic rings. The van der Waals surface area contributed by atoms with Gasteiger partial charge in [-0.25, -0.2) is 0 Å². The molecular weight excluding hydrogens is 428 g/mol. The standard InChI is InChI=1S/C26H35ClO5/c1-19-20(2)25(13-12-23(19)24(28)18-21-8-3-4-9-21)32-17-6-5-16-31-22(14-15-27)10-7-11-26(29)30/h7,10,12-14,21H,3-6,8-9,11,15-18H2,1-2H3,(H,29,30). The molecule has 1 aromatic carbocycles. The third-order valence-corrected chi connectivity index (χ3v) is 6.06. The first-order valence-electron chi connectivity index (χ1n) is 11.5. The molecule has 176 valence electrons. The highest BCUT2D eigenvalue weighted by Gasteiger charge is 2.21. The van der Waals surface area contributed by atoms with Gasteiger partial charge in [0.05, 0.1) is 19.6 Å². The number of Topliss-reactive ketones (excluding diaryl/α,β-unsaturated/α-hetero) is 1. The Bertz CT molecular complexity index is 822. The predicted molar refractivity (Wildman–Crippen MR) is 128 cm³/mol. The summed E-state index contributed by atoms with van der Waals surface area (Å²) in [4.78, 5) is 23.3. The van der Waals surface area contributed by atoms with Gasteiger partial charge in [0.1, 0.15) is 11.5 Å². The maximum Gasteiger partial charge on any atom is 0.307 e. The SMILES string of the molecule is Cc1c(OCCCCOC(C=CCC(=O)O)=CCCl)ccc(C(=O)CC2CCCC2)c1C. The average Bonchev–Trinajstić information content (AvgIpc) is 3.26. The number of allylic oxidation sites excluding steroid dienone is 2. The number of ketones is 1. The Morgan fingerprint density at radius 1 is 1.12 bits per heavy atom. The van der Waals surface area contributed by atoms with E-state index in [9.17, 15) is 9.59 Å². The number of hydrogen-bond donors (Lipinski definition) is 1. The highest BCUT2D eigenvalue weighted by molar-refractivity contribution is 6.18. The number of hydrogen-bond acceptors (Lipinski definition) is 4. The van der Waals surface area contributed by atoms with Gasteiger partial charge in [0, 0.05) is 17.9 Å². The second-order valence-electron chi connectivity index (χ2n) is 8.30. The van der Waals surface area contributed by atoms with E-state index < -0.39 is 5.97 Å². The number of rotatable bonds is 14. The zero-order chi connectivity index (χ0) is 23.3. The quantitative estimate of drug-likeness (QED) is 0.114. The first kappa shape index (κ1) is 26.0. The topological polar surface area (TPSA) is 72.8 Å². The van der Waals surface area contributed by atoms with Crippen molar-refractivity contribution in [1.82, 2.24) is 0 Å². The first-order valence-corrected chi connectivity index (χ1v) is 12.0. The summed E-state index contributed by atoms with van der Waals surface area (Å²) in [5.74, 6) is 1.60. The van der Waals surface area contributed by atoms with Crippen LogP contribution in [0.15, 0.2) is 36.1 Å². The largest absolute Gasteiger partial charge is 0.494 e. The summed E-state index contributed by atoms with van der Waals surface area (Å²) in [5, 5.41) is 8.69. The molecule has 1 fully saturated rings. The predicted octanol–water partition coefficient (Wildman–Crippen LogP) is 6.40.